The van der Waals surface area contributed by atoms with Crippen LogP contribution in [0.2, 0.25) is 0 Å². The zero-order valence-electron chi connectivity index (χ0n) is 12.8. The van der Waals surface area contributed by atoms with Gasteiger partial charge in [-0.15, -0.1) is 0 Å². The highest BCUT2D eigenvalue weighted by atomic mass is 16.5. The first-order valence-corrected chi connectivity index (χ1v) is 7.46. The fourth-order valence-electron chi connectivity index (χ4n) is 2.76. The highest BCUT2D eigenvalue weighted by molar-refractivity contribution is 5.97. The summed E-state index contributed by atoms with van der Waals surface area (Å²) in [6, 6.07) is 4.81. The normalized spacial score (nSPS) is 16.0. The number of nitrogens with one attached hydrogen (secondary N) is 1. The van der Waals surface area contributed by atoms with Crippen LogP contribution < -0.4 is 10.1 Å². The number of hydrogen-bond donors (Lipinski definition) is 2. The molecule has 1 heterocycles. The van der Waals surface area contributed by atoms with Crippen molar-refractivity contribution in [2.24, 2.45) is 5.92 Å². The zero-order chi connectivity index (χ0) is 15.2. The van der Waals surface area contributed by atoms with Crippen molar-refractivity contribution in [3.63, 3.8) is 0 Å². The van der Waals surface area contributed by atoms with Crippen molar-refractivity contribution in [2.75, 3.05) is 33.8 Å². The van der Waals surface area contributed by atoms with Gasteiger partial charge in [-0.25, -0.2) is 0 Å². The Morgan fingerprint density at radius 1 is 1.43 bits per heavy atom. The van der Waals surface area contributed by atoms with Crippen LogP contribution in [-0.2, 0) is 0 Å². The van der Waals surface area contributed by atoms with Crippen LogP contribution in [0.4, 0.5) is 0 Å². The van der Waals surface area contributed by atoms with Gasteiger partial charge in [-0.3, -0.25) is 4.79 Å². The first kappa shape index (κ1) is 15.6. The smallest absolute Gasteiger partial charge is 0.257 e. The number of hydrogen-bond acceptors (Lipinski definition) is 4. The highest BCUT2D eigenvalue weighted by Crippen LogP contribution is 2.27. The fraction of sp³-hybridized carbons (Fsp3) is 0.562. The summed E-state index contributed by atoms with van der Waals surface area (Å²) in [7, 11) is 3.50. The average Bonchev–Trinajstić information content (AvgIpc) is 2.52. The number of piperidine rings is 1. The van der Waals surface area contributed by atoms with E-state index in [-0.39, 0.29) is 11.7 Å². The van der Waals surface area contributed by atoms with Crippen molar-refractivity contribution in [3.8, 4) is 11.5 Å². The van der Waals surface area contributed by atoms with Gasteiger partial charge in [-0.1, -0.05) is 0 Å². The van der Waals surface area contributed by atoms with Crippen molar-refractivity contribution in [1.29, 1.82) is 0 Å². The molecule has 0 unspecified atom stereocenters. The molecule has 1 aromatic rings. The number of likely N-dealkylation sites (tertiary alicyclic amines) is 1. The third-order valence-electron chi connectivity index (χ3n) is 4.14. The largest absolute Gasteiger partial charge is 0.507 e. The van der Waals surface area contributed by atoms with Gasteiger partial charge in [0.1, 0.15) is 11.5 Å². The van der Waals surface area contributed by atoms with Crippen LogP contribution in [-0.4, -0.2) is 49.7 Å². The van der Waals surface area contributed by atoms with Crippen LogP contribution >= 0.6 is 0 Å². The summed E-state index contributed by atoms with van der Waals surface area (Å²) >= 11 is 0. The molecule has 1 amide bonds. The van der Waals surface area contributed by atoms with E-state index >= 15 is 0 Å². The van der Waals surface area contributed by atoms with E-state index in [0.29, 0.717) is 17.2 Å². The van der Waals surface area contributed by atoms with Crippen molar-refractivity contribution >= 4 is 5.91 Å². The molecule has 5 nitrogen and oxygen atoms in total. The maximum atomic E-state index is 12.5. The minimum atomic E-state index is -0.0952. The third kappa shape index (κ3) is 3.88. The number of phenols is 1. The van der Waals surface area contributed by atoms with Crippen molar-refractivity contribution in [3.05, 3.63) is 23.8 Å². The number of phenolic OH excluding ortho intramolecular Hbond substituents is 1. The lowest BCUT2D eigenvalue weighted by atomic mass is 9.93. The van der Waals surface area contributed by atoms with E-state index in [1.807, 2.05) is 11.9 Å². The van der Waals surface area contributed by atoms with E-state index < -0.39 is 0 Å². The van der Waals surface area contributed by atoms with Gasteiger partial charge in [0.25, 0.3) is 5.91 Å². The van der Waals surface area contributed by atoms with Gasteiger partial charge in [0.05, 0.1) is 12.7 Å². The molecule has 0 radical (unpaired) electrons. The lowest BCUT2D eigenvalue weighted by molar-refractivity contribution is 0.0684. The molecule has 5 heteroatoms. The monoisotopic (exact) mass is 292 g/mol. The number of benzene rings is 1. The van der Waals surface area contributed by atoms with Crippen LogP contribution in [0, 0.1) is 5.92 Å². The number of rotatable bonds is 5. The lowest BCUT2D eigenvalue weighted by Crippen LogP contribution is -2.39. The summed E-state index contributed by atoms with van der Waals surface area (Å²) in [5.74, 6) is 1.12. The van der Waals surface area contributed by atoms with Gasteiger partial charge in [-0.05, 0) is 50.9 Å². The Hall–Kier alpha value is -1.75. The van der Waals surface area contributed by atoms with E-state index in [1.54, 1.807) is 12.1 Å². The van der Waals surface area contributed by atoms with Gasteiger partial charge in [0.2, 0.25) is 0 Å². The van der Waals surface area contributed by atoms with E-state index in [2.05, 4.69) is 5.32 Å². The molecule has 0 aliphatic carbocycles. The molecule has 1 fully saturated rings. The van der Waals surface area contributed by atoms with E-state index in [0.717, 1.165) is 38.9 Å². The summed E-state index contributed by atoms with van der Waals surface area (Å²) in [4.78, 5) is 14.3. The summed E-state index contributed by atoms with van der Waals surface area (Å²) in [6.45, 7) is 2.55. The number of carbonyl (C=O) groups is 1. The van der Waals surface area contributed by atoms with Gasteiger partial charge in [-0.2, -0.15) is 0 Å². The molecule has 2 N–H and O–H groups in total. The number of methoxy groups -OCH3 is 1. The van der Waals surface area contributed by atoms with Crippen molar-refractivity contribution in [2.45, 2.75) is 19.3 Å². The van der Waals surface area contributed by atoms with Crippen LogP contribution in [0.1, 0.15) is 29.6 Å². The Kier molecular flexibility index (Phi) is 5.44. The highest BCUT2D eigenvalue weighted by Gasteiger charge is 2.25. The van der Waals surface area contributed by atoms with Gasteiger partial charge in [0, 0.05) is 19.2 Å². The topological polar surface area (TPSA) is 61.8 Å². The average molecular weight is 292 g/mol. The molecule has 0 saturated carbocycles. The van der Waals surface area contributed by atoms with Gasteiger partial charge >= 0.3 is 0 Å². The summed E-state index contributed by atoms with van der Waals surface area (Å²) in [6.07, 6.45) is 3.22. The molecular formula is C16H24N2O3. The zero-order valence-corrected chi connectivity index (χ0v) is 12.8. The van der Waals surface area contributed by atoms with Crippen LogP contribution in [0.25, 0.3) is 0 Å². The molecule has 1 aromatic carbocycles. The Morgan fingerprint density at radius 2 is 2.14 bits per heavy atom. The lowest BCUT2D eigenvalue weighted by Gasteiger charge is -2.32. The fourth-order valence-corrected chi connectivity index (χ4v) is 2.76. The third-order valence-corrected chi connectivity index (χ3v) is 4.14. The molecule has 0 spiro atoms. The van der Waals surface area contributed by atoms with E-state index in [9.17, 15) is 9.90 Å². The maximum Gasteiger partial charge on any atom is 0.257 e. The second kappa shape index (κ2) is 7.31. The first-order valence-electron chi connectivity index (χ1n) is 7.46. The molecule has 116 valence electrons. The predicted molar refractivity (Wildman–Crippen MR) is 81.8 cm³/mol. The Morgan fingerprint density at radius 3 is 2.71 bits per heavy atom. The summed E-state index contributed by atoms with van der Waals surface area (Å²) in [5.41, 5.74) is 0.351. The minimum absolute atomic E-state index is 0.0170. The summed E-state index contributed by atoms with van der Waals surface area (Å²) < 4.78 is 5.04. The number of aromatic hydroxyl groups is 1. The molecular weight excluding hydrogens is 268 g/mol. The molecule has 1 saturated heterocycles. The second-order valence-corrected chi connectivity index (χ2v) is 5.51. The molecule has 1 aliphatic heterocycles. The maximum absolute atomic E-state index is 12.5. The molecule has 21 heavy (non-hydrogen) atoms. The predicted octanol–water partition coefficient (Wildman–Crippen LogP) is 1.86. The summed E-state index contributed by atoms with van der Waals surface area (Å²) in [5, 5.41) is 13.1. The number of nitrogens with zero attached hydrogens (tertiary/aromatic N) is 1. The first-order chi connectivity index (χ1) is 10.2. The Labute approximate surface area is 125 Å². The van der Waals surface area contributed by atoms with E-state index in [1.165, 1.54) is 13.2 Å². The van der Waals surface area contributed by atoms with Crippen LogP contribution in [0.5, 0.6) is 11.5 Å². The van der Waals surface area contributed by atoms with Crippen LogP contribution in [0.3, 0.4) is 0 Å². The molecule has 0 bridgehead atoms. The molecule has 0 aromatic heterocycles. The quantitative estimate of drug-likeness (QED) is 0.869. The van der Waals surface area contributed by atoms with Crippen molar-refractivity contribution in [1.82, 2.24) is 10.2 Å². The Bertz CT molecular complexity index is 482. The van der Waals surface area contributed by atoms with E-state index in [4.69, 9.17) is 4.74 Å². The molecule has 0 atom stereocenters. The van der Waals surface area contributed by atoms with Gasteiger partial charge < -0.3 is 20.1 Å². The van der Waals surface area contributed by atoms with Crippen LogP contribution in [0.15, 0.2) is 18.2 Å². The SMILES string of the molecule is CNCCC1CCN(C(=O)c2ccc(OC)cc2O)CC1. The Balaban J connectivity index is 1.95. The number of amides is 1. The number of ether oxygens (including phenoxy) is 1. The standard InChI is InChI=1S/C16H24N2O3/c1-17-8-5-12-6-9-18(10-7-12)16(20)14-4-3-13(21-2)11-15(14)19/h3-4,11-12,17,19H,5-10H2,1-2H3. The minimum Gasteiger partial charge on any atom is -0.507 e. The molecule has 2 rings (SSSR count). The molecule has 1 aliphatic rings. The van der Waals surface area contributed by atoms with Gasteiger partial charge in [0.15, 0.2) is 0 Å². The second-order valence-electron chi connectivity index (χ2n) is 5.51. The number of carbonyl (C=O) groups excluding carboxylic acids is 1. The van der Waals surface area contributed by atoms with Crippen molar-refractivity contribution < 1.29 is 14.6 Å².